The van der Waals surface area contributed by atoms with Gasteiger partial charge in [0.15, 0.2) is 0 Å². The molecule has 1 aromatic carbocycles. The quantitative estimate of drug-likeness (QED) is 0.805. The molecule has 2 heterocycles. The second-order valence-corrected chi connectivity index (χ2v) is 7.37. The minimum absolute atomic E-state index is 0.0643. The second kappa shape index (κ2) is 7.49. The summed E-state index contributed by atoms with van der Waals surface area (Å²) in [5.74, 6) is 0.0643. The molecule has 0 spiro atoms. The number of likely N-dealkylation sites (tertiary alicyclic amines) is 1. The van der Waals surface area contributed by atoms with Crippen molar-refractivity contribution in [3.05, 3.63) is 52.3 Å². The van der Waals surface area contributed by atoms with E-state index < -0.39 is 0 Å². The lowest BCUT2D eigenvalue weighted by atomic mass is 10.0. The maximum Gasteiger partial charge on any atom is 0.257 e. The molecule has 0 N–H and O–H groups in total. The van der Waals surface area contributed by atoms with Crippen LogP contribution in [-0.4, -0.2) is 51.7 Å². The molecule has 0 unspecified atom stereocenters. The molecule has 3 rings (SSSR count). The monoisotopic (exact) mass is 390 g/mol. The Morgan fingerprint density at radius 2 is 1.96 bits per heavy atom. The van der Waals surface area contributed by atoms with E-state index in [1.807, 2.05) is 19.0 Å². The van der Waals surface area contributed by atoms with E-state index in [1.54, 1.807) is 17.1 Å². The van der Waals surface area contributed by atoms with Gasteiger partial charge in [-0.25, -0.2) is 0 Å². The summed E-state index contributed by atoms with van der Waals surface area (Å²) in [6.07, 6.45) is 5.45. The molecule has 24 heavy (non-hydrogen) atoms. The predicted octanol–water partition coefficient (Wildman–Crippen LogP) is 2.92. The largest absolute Gasteiger partial charge is 0.339 e. The highest BCUT2D eigenvalue weighted by molar-refractivity contribution is 9.10. The van der Waals surface area contributed by atoms with Crippen LogP contribution in [0.3, 0.4) is 0 Å². The third-order valence-corrected chi connectivity index (χ3v) is 5.23. The van der Waals surface area contributed by atoms with E-state index in [1.165, 1.54) is 5.56 Å². The van der Waals surface area contributed by atoms with Gasteiger partial charge in [-0.1, -0.05) is 28.1 Å². The van der Waals surface area contributed by atoms with E-state index in [4.69, 9.17) is 0 Å². The summed E-state index contributed by atoms with van der Waals surface area (Å²) in [6.45, 7) is 3.01. The van der Waals surface area contributed by atoms with E-state index in [9.17, 15) is 4.79 Å². The van der Waals surface area contributed by atoms with Gasteiger partial charge >= 0.3 is 0 Å². The fourth-order valence-corrected chi connectivity index (χ4v) is 3.48. The third-order valence-electron chi connectivity index (χ3n) is 4.70. The van der Waals surface area contributed by atoms with Gasteiger partial charge in [0.2, 0.25) is 0 Å². The predicted molar refractivity (Wildman–Crippen MR) is 97.7 cm³/mol. The number of nitrogens with zero attached hydrogens (tertiary/aromatic N) is 4. The molecule has 6 heteroatoms. The number of piperidine rings is 1. The van der Waals surface area contributed by atoms with Crippen molar-refractivity contribution in [2.45, 2.75) is 25.4 Å². The van der Waals surface area contributed by atoms with Gasteiger partial charge in [0.1, 0.15) is 0 Å². The Morgan fingerprint density at radius 3 is 2.54 bits per heavy atom. The van der Waals surface area contributed by atoms with E-state index >= 15 is 0 Å². The van der Waals surface area contributed by atoms with Crippen LogP contribution in [0.4, 0.5) is 0 Å². The summed E-state index contributed by atoms with van der Waals surface area (Å²) in [7, 11) is 3.74. The standard InChI is InChI=1S/C18H23BrN4O/c1-21-13-15(11-20-21)18(24)22(2)17-7-9-23(10-8-17)12-14-3-5-16(19)6-4-14/h3-6,11,13,17H,7-10,12H2,1-2H3. The Labute approximate surface area is 151 Å². The maximum atomic E-state index is 12.5. The van der Waals surface area contributed by atoms with Crippen molar-refractivity contribution in [2.24, 2.45) is 7.05 Å². The number of aryl methyl sites for hydroxylation is 1. The van der Waals surface area contributed by atoms with Gasteiger partial charge in [-0.3, -0.25) is 14.4 Å². The first kappa shape index (κ1) is 17.2. The van der Waals surface area contributed by atoms with Crippen molar-refractivity contribution >= 4 is 21.8 Å². The summed E-state index contributed by atoms with van der Waals surface area (Å²) in [5.41, 5.74) is 1.99. The van der Waals surface area contributed by atoms with E-state index in [0.717, 1.165) is 36.9 Å². The highest BCUT2D eigenvalue weighted by Crippen LogP contribution is 2.20. The van der Waals surface area contributed by atoms with Crippen molar-refractivity contribution in [1.82, 2.24) is 19.6 Å². The molecule has 1 fully saturated rings. The van der Waals surface area contributed by atoms with Gasteiger partial charge in [-0.15, -0.1) is 0 Å². The van der Waals surface area contributed by atoms with Crippen LogP contribution in [0.15, 0.2) is 41.1 Å². The van der Waals surface area contributed by atoms with Crippen molar-refractivity contribution < 1.29 is 4.79 Å². The molecule has 1 amide bonds. The number of halogens is 1. The first-order chi connectivity index (χ1) is 11.5. The summed E-state index contributed by atoms with van der Waals surface area (Å²) >= 11 is 3.47. The number of aromatic nitrogens is 2. The number of benzene rings is 1. The molecule has 0 aliphatic carbocycles. The smallest absolute Gasteiger partial charge is 0.257 e. The van der Waals surface area contributed by atoms with Gasteiger partial charge in [-0.05, 0) is 30.5 Å². The van der Waals surface area contributed by atoms with Crippen LogP contribution in [0.2, 0.25) is 0 Å². The molecule has 1 aromatic heterocycles. The number of hydrogen-bond donors (Lipinski definition) is 0. The molecule has 5 nitrogen and oxygen atoms in total. The molecule has 0 atom stereocenters. The van der Waals surface area contributed by atoms with Crippen molar-refractivity contribution in [3.8, 4) is 0 Å². The maximum absolute atomic E-state index is 12.5. The third kappa shape index (κ3) is 4.05. The molecule has 0 bridgehead atoms. The van der Waals surface area contributed by atoms with Crippen LogP contribution >= 0.6 is 15.9 Å². The average Bonchev–Trinajstić information content (AvgIpc) is 3.03. The number of rotatable bonds is 4. The normalized spacial score (nSPS) is 16.3. The molecular weight excluding hydrogens is 368 g/mol. The Hall–Kier alpha value is -1.66. The minimum Gasteiger partial charge on any atom is -0.339 e. The Kier molecular flexibility index (Phi) is 5.36. The summed E-state index contributed by atoms with van der Waals surface area (Å²) in [5, 5.41) is 4.09. The van der Waals surface area contributed by atoms with Crippen molar-refractivity contribution in [2.75, 3.05) is 20.1 Å². The zero-order valence-corrected chi connectivity index (χ0v) is 15.7. The lowest BCUT2D eigenvalue weighted by Crippen LogP contribution is -2.45. The van der Waals surface area contributed by atoms with Gasteiger partial charge < -0.3 is 4.90 Å². The summed E-state index contributed by atoms with van der Waals surface area (Å²) in [6, 6.07) is 8.80. The fraction of sp³-hybridized carbons (Fsp3) is 0.444. The molecule has 2 aromatic rings. The number of amides is 1. The molecule has 0 radical (unpaired) electrons. The lowest BCUT2D eigenvalue weighted by Gasteiger charge is -2.36. The zero-order valence-electron chi connectivity index (χ0n) is 14.2. The molecular formula is C18H23BrN4O. The lowest BCUT2D eigenvalue weighted by molar-refractivity contribution is 0.0636. The van der Waals surface area contributed by atoms with Gasteiger partial charge in [0, 0.05) is 50.4 Å². The molecule has 128 valence electrons. The van der Waals surface area contributed by atoms with Crippen LogP contribution < -0.4 is 0 Å². The Balaban J connectivity index is 1.52. The fourth-order valence-electron chi connectivity index (χ4n) is 3.21. The van der Waals surface area contributed by atoms with Crippen LogP contribution in [0.25, 0.3) is 0 Å². The topological polar surface area (TPSA) is 41.4 Å². The zero-order chi connectivity index (χ0) is 17.1. The van der Waals surface area contributed by atoms with Gasteiger partial charge in [0.05, 0.1) is 11.8 Å². The van der Waals surface area contributed by atoms with Crippen LogP contribution in [0.1, 0.15) is 28.8 Å². The summed E-state index contributed by atoms with van der Waals surface area (Å²) in [4.78, 5) is 16.9. The second-order valence-electron chi connectivity index (χ2n) is 6.45. The molecule has 1 saturated heterocycles. The van der Waals surface area contributed by atoms with E-state index in [-0.39, 0.29) is 5.91 Å². The first-order valence-electron chi connectivity index (χ1n) is 8.25. The Morgan fingerprint density at radius 1 is 1.29 bits per heavy atom. The highest BCUT2D eigenvalue weighted by atomic mass is 79.9. The van der Waals surface area contributed by atoms with Crippen LogP contribution in [0, 0.1) is 0 Å². The van der Waals surface area contributed by atoms with Gasteiger partial charge in [-0.2, -0.15) is 5.10 Å². The van der Waals surface area contributed by atoms with E-state index in [0.29, 0.717) is 11.6 Å². The average molecular weight is 391 g/mol. The van der Waals surface area contributed by atoms with Gasteiger partial charge in [0.25, 0.3) is 5.91 Å². The molecule has 0 saturated carbocycles. The minimum atomic E-state index is 0.0643. The summed E-state index contributed by atoms with van der Waals surface area (Å²) < 4.78 is 2.78. The first-order valence-corrected chi connectivity index (χ1v) is 9.05. The number of carbonyl (C=O) groups is 1. The SMILES string of the molecule is CN(C(=O)c1cnn(C)c1)C1CCN(Cc2ccc(Br)cc2)CC1. The highest BCUT2D eigenvalue weighted by Gasteiger charge is 2.26. The van der Waals surface area contributed by atoms with Crippen molar-refractivity contribution in [3.63, 3.8) is 0 Å². The van der Waals surface area contributed by atoms with Crippen LogP contribution in [-0.2, 0) is 13.6 Å². The van der Waals surface area contributed by atoms with Crippen LogP contribution in [0.5, 0.6) is 0 Å². The number of carbonyl (C=O) groups excluding carboxylic acids is 1. The van der Waals surface area contributed by atoms with E-state index in [2.05, 4.69) is 50.2 Å². The molecule has 1 aliphatic rings. The van der Waals surface area contributed by atoms with Crippen molar-refractivity contribution in [1.29, 1.82) is 0 Å². The Bertz CT molecular complexity index is 689. The molecule has 1 aliphatic heterocycles. The number of hydrogen-bond acceptors (Lipinski definition) is 3.